The van der Waals surface area contributed by atoms with E-state index >= 15 is 0 Å². The van der Waals surface area contributed by atoms with Gasteiger partial charge in [0.2, 0.25) is 0 Å². The van der Waals surface area contributed by atoms with Crippen LogP contribution in [0, 0.1) is 0 Å². The summed E-state index contributed by atoms with van der Waals surface area (Å²) in [6.07, 6.45) is 0. The van der Waals surface area contributed by atoms with E-state index in [2.05, 4.69) is 22.1 Å². The molecule has 2 amide bonds. The summed E-state index contributed by atoms with van der Waals surface area (Å²) in [7, 11) is 0. The van der Waals surface area contributed by atoms with Crippen molar-refractivity contribution in [2.45, 2.75) is 13.5 Å². The van der Waals surface area contributed by atoms with Crippen LogP contribution in [0.1, 0.15) is 11.8 Å². The number of benzene rings is 1. The number of amides is 2. The maximum Gasteiger partial charge on any atom is 0.313 e. The predicted octanol–water partition coefficient (Wildman–Crippen LogP) is 4.13. The highest BCUT2D eigenvalue weighted by molar-refractivity contribution is 7.10. The number of hydrogen-bond donors (Lipinski definition) is 2. The van der Waals surface area contributed by atoms with Crippen LogP contribution in [-0.2, 0) is 16.1 Å². The van der Waals surface area contributed by atoms with Crippen LogP contribution in [0.5, 0.6) is 5.75 Å². The van der Waals surface area contributed by atoms with Crippen molar-refractivity contribution in [1.82, 2.24) is 5.32 Å². The molecule has 0 fully saturated rings. The van der Waals surface area contributed by atoms with Crippen LogP contribution in [0.3, 0.4) is 0 Å². The molecule has 0 spiro atoms. The van der Waals surface area contributed by atoms with Crippen molar-refractivity contribution >= 4 is 40.2 Å². The van der Waals surface area contributed by atoms with Crippen molar-refractivity contribution in [3.8, 4) is 16.9 Å². The number of thiophene rings is 2. The van der Waals surface area contributed by atoms with Gasteiger partial charge in [0.1, 0.15) is 5.75 Å². The van der Waals surface area contributed by atoms with Crippen LogP contribution in [0.4, 0.5) is 5.69 Å². The third-order valence-electron chi connectivity index (χ3n) is 3.57. The lowest BCUT2D eigenvalue weighted by Crippen LogP contribution is -2.34. The molecule has 2 aromatic heterocycles. The van der Waals surface area contributed by atoms with Crippen molar-refractivity contribution in [3.63, 3.8) is 0 Å². The fourth-order valence-corrected chi connectivity index (χ4v) is 3.83. The average molecular weight is 386 g/mol. The summed E-state index contributed by atoms with van der Waals surface area (Å²) in [6.45, 7) is 2.65. The molecule has 2 heterocycles. The van der Waals surface area contributed by atoms with E-state index in [1.807, 2.05) is 29.8 Å². The van der Waals surface area contributed by atoms with Gasteiger partial charge < -0.3 is 15.4 Å². The summed E-state index contributed by atoms with van der Waals surface area (Å²) in [6, 6.07) is 11.1. The number of carbonyl (C=O) groups is 2. The molecular weight excluding hydrogens is 368 g/mol. The topological polar surface area (TPSA) is 67.4 Å². The molecule has 0 bridgehead atoms. The normalized spacial score (nSPS) is 10.3. The molecule has 0 saturated heterocycles. The summed E-state index contributed by atoms with van der Waals surface area (Å²) < 4.78 is 5.44. The molecule has 0 unspecified atom stereocenters. The summed E-state index contributed by atoms with van der Waals surface area (Å²) in [5.41, 5.74) is 2.76. The second-order valence-electron chi connectivity index (χ2n) is 5.38. The first kappa shape index (κ1) is 18.2. The number of para-hydroxylation sites is 2. The van der Waals surface area contributed by atoms with Gasteiger partial charge in [-0.15, -0.1) is 11.3 Å². The lowest BCUT2D eigenvalue weighted by atomic mass is 10.2. The van der Waals surface area contributed by atoms with Gasteiger partial charge in [0.25, 0.3) is 0 Å². The maximum atomic E-state index is 12.1. The molecule has 0 aliphatic carbocycles. The van der Waals surface area contributed by atoms with Crippen LogP contribution < -0.4 is 15.4 Å². The first-order valence-corrected chi connectivity index (χ1v) is 9.90. The number of anilines is 1. The lowest BCUT2D eigenvalue weighted by Gasteiger charge is -2.11. The standard InChI is InChI=1S/C19H18N2O3S2/c1-2-24-17-6-4-3-5-16(17)21-19(23)18(22)20-10-15-9-14(12-26-15)13-7-8-25-11-13/h3-9,11-12H,2,10H2,1H3,(H,20,22)(H,21,23). The van der Waals surface area contributed by atoms with E-state index in [1.165, 1.54) is 0 Å². The molecule has 0 aliphatic rings. The number of hydrogen-bond acceptors (Lipinski definition) is 5. The zero-order chi connectivity index (χ0) is 18.4. The monoisotopic (exact) mass is 386 g/mol. The molecule has 5 nitrogen and oxygen atoms in total. The van der Waals surface area contributed by atoms with Crippen molar-refractivity contribution in [2.24, 2.45) is 0 Å². The van der Waals surface area contributed by atoms with Crippen molar-refractivity contribution in [2.75, 3.05) is 11.9 Å². The van der Waals surface area contributed by atoms with Gasteiger partial charge in [0.05, 0.1) is 18.8 Å². The van der Waals surface area contributed by atoms with Gasteiger partial charge in [0.15, 0.2) is 0 Å². The fourth-order valence-electron chi connectivity index (χ4n) is 2.33. The van der Waals surface area contributed by atoms with Crippen LogP contribution in [0.2, 0.25) is 0 Å². The molecule has 2 N–H and O–H groups in total. The van der Waals surface area contributed by atoms with Crippen LogP contribution in [0.25, 0.3) is 11.1 Å². The minimum atomic E-state index is -0.716. The summed E-state index contributed by atoms with van der Waals surface area (Å²) >= 11 is 3.20. The Balaban J connectivity index is 1.56. The largest absolute Gasteiger partial charge is 0.492 e. The molecule has 7 heteroatoms. The molecule has 1 aromatic carbocycles. The zero-order valence-electron chi connectivity index (χ0n) is 14.2. The van der Waals surface area contributed by atoms with Crippen LogP contribution >= 0.6 is 22.7 Å². The van der Waals surface area contributed by atoms with Gasteiger partial charge in [-0.1, -0.05) is 12.1 Å². The van der Waals surface area contributed by atoms with E-state index in [-0.39, 0.29) is 0 Å². The van der Waals surface area contributed by atoms with Gasteiger partial charge in [0, 0.05) is 4.88 Å². The third kappa shape index (κ3) is 4.50. The van der Waals surface area contributed by atoms with Gasteiger partial charge in [-0.3, -0.25) is 9.59 Å². The summed E-state index contributed by atoms with van der Waals surface area (Å²) in [5.74, 6) is -0.858. The molecule has 26 heavy (non-hydrogen) atoms. The predicted molar refractivity (Wildman–Crippen MR) is 106 cm³/mol. The Morgan fingerprint density at radius 1 is 1.08 bits per heavy atom. The maximum absolute atomic E-state index is 12.1. The molecule has 134 valence electrons. The van der Waals surface area contributed by atoms with E-state index in [0.29, 0.717) is 24.6 Å². The number of ether oxygens (including phenoxy) is 1. The molecule has 3 rings (SSSR count). The summed E-state index contributed by atoms with van der Waals surface area (Å²) in [5, 5.41) is 11.4. The molecule has 0 radical (unpaired) electrons. The zero-order valence-corrected chi connectivity index (χ0v) is 15.8. The van der Waals surface area contributed by atoms with E-state index in [0.717, 1.165) is 16.0 Å². The first-order valence-electron chi connectivity index (χ1n) is 8.08. The number of carbonyl (C=O) groups excluding carboxylic acids is 2. The van der Waals surface area contributed by atoms with Crippen molar-refractivity contribution in [3.05, 3.63) is 57.4 Å². The van der Waals surface area contributed by atoms with E-state index in [9.17, 15) is 9.59 Å². The van der Waals surface area contributed by atoms with E-state index in [4.69, 9.17) is 4.74 Å². The molecule has 0 aliphatic heterocycles. The third-order valence-corrected chi connectivity index (χ3v) is 5.19. The molecule has 0 atom stereocenters. The molecular formula is C19H18N2O3S2. The highest BCUT2D eigenvalue weighted by Gasteiger charge is 2.16. The minimum Gasteiger partial charge on any atom is -0.492 e. The first-order chi connectivity index (χ1) is 12.7. The number of nitrogens with one attached hydrogen (secondary N) is 2. The molecule has 3 aromatic rings. The Bertz CT molecular complexity index is 888. The second-order valence-corrected chi connectivity index (χ2v) is 7.16. The Labute approximate surface area is 159 Å². The Morgan fingerprint density at radius 3 is 2.69 bits per heavy atom. The summed E-state index contributed by atoms with van der Waals surface area (Å²) in [4.78, 5) is 25.2. The van der Waals surface area contributed by atoms with Gasteiger partial charge >= 0.3 is 11.8 Å². The minimum absolute atomic E-state index is 0.314. The van der Waals surface area contributed by atoms with Gasteiger partial charge in [-0.05, 0) is 58.5 Å². The average Bonchev–Trinajstić information content (AvgIpc) is 3.33. The fraction of sp³-hybridized carbons (Fsp3) is 0.158. The van der Waals surface area contributed by atoms with Crippen molar-refractivity contribution in [1.29, 1.82) is 0 Å². The van der Waals surface area contributed by atoms with Gasteiger partial charge in [-0.2, -0.15) is 11.3 Å². The molecule has 0 saturated carbocycles. The van der Waals surface area contributed by atoms with E-state index < -0.39 is 11.8 Å². The lowest BCUT2D eigenvalue weighted by molar-refractivity contribution is -0.136. The SMILES string of the molecule is CCOc1ccccc1NC(=O)C(=O)NCc1cc(-c2ccsc2)cs1. The highest BCUT2D eigenvalue weighted by atomic mass is 32.1. The Hall–Kier alpha value is -2.64. The Kier molecular flexibility index (Phi) is 6.04. The van der Waals surface area contributed by atoms with E-state index in [1.54, 1.807) is 40.9 Å². The van der Waals surface area contributed by atoms with Crippen molar-refractivity contribution < 1.29 is 14.3 Å². The Morgan fingerprint density at radius 2 is 1.92 bits per heavy atom. The number of rotatable bonds is 6. The second kappa shape index (κ2) is 8.64. The van der Waals surface area contributed by atoms with Crippen LogP contribution in [0.15, 0.2) is 52.5 Å². The smallest absolute Gasteiger partial charge is 0.313 e. The quantitative estimate of drug-likeness (QED) is 0.626. The highest BCUT2D eigenvalue weighted by Crippen LogP contribution is 2.27. The van der Waals surface area contributed by atoms with Gasteiger partial charge in [-0.25, -0.2) is 0 Å². The van der Waals surface area contributed by atoms with Crippen LogP contribution in [-0.4, -0.2) is 18.4 Å².